The van der Waals surface area contributed by atoms with E-state index in [1.54, 1.807) is 31.0 Å². The van der Waals surface area contributed by atoms with Crippen LogP contribution in [0.3, 0.4) is 0 Å². The van der Waals surface area contributed by atoms with Crippen LogP contribution in [0.2, 0.25) is 5.02 Å². The molecule has 0 aromatic heterocycles. The van der Waals surface area contributed by atoms with Gasteiger partial charge in [0.2, 0.25) is 0 Å². The molecule has 3 nitrogen and oxygen atoms in total. The third-order valence-corrected chi connectivity index (χ3v) is 5.11. The minimum absolute atomic E-state index is 0.624. The monoisotopic (exact) mass is 347 g/mol. The summed E-state index contributed by atoms with van der Waals surface area (Å²) in [4.78, 5) is 3.34. The number of rotatable bonds is 4. The van der Waals surface area contributed by atoms with Crippen LogP contribution in [0.25, 0.3) is 0 Å². The number of halogens is 1. The molecular formula is C18H18ClNO2S. The van der Waals surface area contributed by atoms with Crippen molar-refractivity contribution in [2.75, 3.05) is 18.6 Å². The second-order valence-electron chi connectivity index (χ2n) is 5.18. The number of ether oxygens (including phenoxy) is 1. The maximum atomic E-state index is 10.5. The predicted octanol–water partition coefficient (Wildman–Crippen LogP) is 4.86. The average Bonchev–Trinajstić information content (AvgIpc) is 2.90. The second-order valence-corrected chi connectivity index (χ2v) is 6.68. The van der Waals surface area contributed by atoms with Crippen molar-refractivity contribution in [3.8, 4) is 5.75 Å². The van der Waals surface area contributed by atoms with Gasteiger partial charge in [-0.05, 0) is 42.8 Å². The van der Waals surface area contributed by atoms with E-state index < -0.39 is 6.10 Å². The summed E-state index contributed by atoms with van der Waals surface area (Å²) < 4.78 is 5.31. The zero-order valence-electron chi connectivity index (χ0n) is 13.0. The zero-order chi connectivity index (χ0) is 16.4. The quantitative estimate of drug-likeness (QED) is 0.856. The van der Waals surface area contributed by atoms with Gasteiger partial charge >= 0.3 is 0 Å². The number of hydrogen-bond donors (Lipinski definition) is 1. The fourth-order valence-electron chi connectivity index (χ4n) is 2.58. The summed E-state index contributed by atoms with van der Waals surface area (Å²) in [6, 6.07) is 13.3. The lowest BCUT2D eigenvalue weighted by atomic mass is 10.1. The normalized spacial score (nSPS) is 16.5. The number of hydrogen-bond acceptors (Lipinski definition) is 4. The minimum atomic E-state index is -0.693. The topological polar surface area (TPSA) is 32.7 Å². The Morgan fingerprint density at radius 1 is 1.30 bits per heavy atom. The van der Waals surface area contributed by atoms with E-state index in [4.69, 9.17) is 16.3 Å². The molecule has 1 N–H and O–H groups in total. The minimum Gasteiger partial charge on any atom is -0.497 e. The van der Waals surface area contributed by atoms with E-state index in [0.717, 1.165) is 33.5 Å². The largest absolute Gasteiger partial charge is 0.497 e. The van der Waals surface area contributed by atoms with Crippen LogP contribution >= 0.6 is 23.4 Å². The molecule has 1 aliphatic rings. The van der Waals surface area contributed by atoms with Crippen LogP contribution in [0.1, 0.15) is 18.6 Å². The molecule has 1 unspecified atom stereocenters. The smallest absolute Gasteiger partial charge is 0.121 e. The number of aliphatic hydroxyl groups is 1. The van der Waals surface area contributed by atoms with Crippen LogP contribution in [0.5, 0.6) is 5.75 Å². The van der Waals surface area contributed by atoms with Gasteiger partial charge in [-0.1, -0.05) is 35.5 Å². The molecule has 0 aliphatic carbocycles. The lowest BCUT2D eigenvalue weighted by molar-refractivity contribution is 0.228. The SMILES string of the molecule is CCN1/C(=C/C(O)c2cccc(Cl)c2)Sc2ccc(OC)cc21. The maximum Gasteiger partial charge on any atom is 0.121 e. The second kappa shape index (κ2) is 6.87. The highest BCUT2D eigenvalue weighted by Crippen LogP contribution is 2.47. The lowest BCUT2D eigenvalue weighted by Gasteiger charge is -2.19. The third kappa shape index (κ3) is 3.34. The van der Waals surface area contributed by atoms with Crippen LogP contribution in [-0.2, 0) is 0 Å². The first-order valence-corrected chi connectivity index (χ1v) is 8.60. The highest BCUT2D eigenvalue weighted by Gasteiger charge is 2.25. The van der Waals surface area contributed by atoms with Gasteiger partial charge in [-0.3, -0.25) is 0 Å². The fourth-order valence-corrected chi connectivity index (χ4v) is 3.95. The van der Waals surface area contributed by atoms with E-state index in [9.17, 15) is 5.11 Å². The van der Waals surface area contributed by atoms with Crippen molar-refractivity contribution < 1.29 is 9.84 Å². The first-order chi connectivity index (χ1) is 11.1. The zero-order valence-corrected chi connectivity index (χ0v) is 14.6. The van der Waals surface area contributed by atoms with Gasteiger partial charge in [0.05, 0.1) is 17.8 Å². The van der Waals surface area contributed by atoms with E-state index >= 15 is 0 Å². The number of methoxy groups -OCH3 is 1. The van der Waals surface area contributed by atoms with Crippen molar-refractivity contribution in [1.82, 2.24) is 0 Å². The molecule has 0 saturated heterocycles. The molecule has 5 heteroatoms. The molecule has 0 fully saturated rings. The van der Waals surface area contributed by atoms with Gasteiger partial charge in [0.15, 0.2) is 0 Å². The average molecular weight is 348 g/mol. The van der Waals surface area contributed by atoms with Crippen molar-refractivity contribution >= 4 is 29.1 Å². The van der Waals surface area contributed by atoms with Crippen LogP contribution in [0.4, 0.5) is 5.69 Å². The Labute approximate surface area is 145 Å². The van der Waals surface area contributed by atoms with Crippen LogP contribution < -0.4 is 9.64 Å². The van der Waals surface area contributed by atoms with Gasteiger partial charge in [-0.15, -0.1) is 0 Å². The van der Waals surface area contributed by atoms with E-state index in [2.05, 4.69) is 11.8 Å². The predicted molar refractivity (Wildman–Crippen MR) is 96.4 cm³/mol. The molecule has 1 atom stereocenters. The van der Waals surface area contributed by atoms with E-state index in [-0.39, 0.29) is 0 Å². The third-order valence-electron chi connectivity index (χ3n) is 3.74. The molecule has 3 rings (SSSR count). The molecule has 0 bridgehead atoms. The molecule has 2 aromatic rings. The molecule has 0 amide bonds. The Morgan fingerprint density at radius 2 is 2.13 bits per heavy atom. The number of aliphatic hydroxyl groups excluding tert-OH is 1. The van der Waals surface area contributed by atoms with Crippen molar-refractivity contribution in [2.45, 2.75) is 17.9 Å². The summed E-state index contributed by atoms with van der Waals surface area (Å²) in [5.74, 6) is 0.833. The number of nitrogens with zero attached hydrogens (tertiary/aromatic N) is 1. The summed E-state index contributed by atoms with van der Waals surface area (Å²) in [6.45, 7) is 2.91. The lowest BCUT2D eigenvalue weighted by Crippen LogP contribution is -2.17. The molecule has 23 heavy (non-hydrogen) atoms. The highest BCUT2D eigenvalue weighted by atomic mass is 35.5. The first kappa shape index (κ1) is 16.2. The standard InChI is InChI=1S/C18H18ClNO2S/c1-3-20-15-10-14(22-2)7-8-17(15)23-18(20)11-16(21)12-5-4-6-13(19)9-12/h4-11,16,21H,3H2,1-2H3/b18-11-. The highest BCUT2D eigenvalue weighted by molar-refractivity contribution is 8.03. The van der Waals surface area contributed by atoms with Crippen LogP contribution in [0.15, 0.2) is 58.5 Å². The van der Waals surface area contributed by atoms with Crippen LogP contribution in [-0.4, -0.2) is 18.8 Å². The molecule has 0 saturated carbocycles. The summed E-state index contributed by atoms with van der Waals surface area (Å²) in [7, 11) is 1.67. The van der Waals surface area contributed by atoms with Gasteiger partial charge in [0.25, 0.3) is 0 Å². The molecule has 0 radical (unpaired) electrons. The Balaban J connectivity index is 1.91. The Hall–Kier alpha value is -1.62. The van der Waals surface area contributed by atoms with Crippen molar-refractivity contribution in [2.24, 2.45) is 0 Å². The van der Waals surface area contributed by atoms with Crippen LogP contribution in [0, 0.1) is 0 Å². The van der Waals surface area contributed by atoms with Crippen molar-refractivity contribution in [3.63, 3.8) is 0 Å². The number of fused-ring (bicyclic) bond motifs is 1. The van der Waals surface area contributed by atoms with E-state index in [1.165, 1.54) is 0 Å². The molecular weight excluding hydrogens is 330 g/mol. The van der Waals surface area contributed by atoms with Gasteiger partial charge in [-0.25, -0.2) is 0 Å². The number of thioether (sulfide) groups is 1. The summed E-state index contributed by atoms with van der Waals surface area (Å²) >= 11 is 7.66. The number of anilines is 1. The van der Waals surface area contributed by atoms with Gasteiger partial charge in [0.1, 0.15) is 11.9 Å². The molecule has 1 heterocycles. The van der Waals surface area contributed by atoms with Gasteiger partial charge in [-0.2, -0.15) is 0 Å². The maximum absolute atomic E-state index is 10.5. The first-order valence-electron chi connectivity index (χ1n) is 7.41. The van der Waals surface area contributed by atoms with Crippen molar-refractivity contribution in [1.29, 1.82) is 0 Å². The summed E-state index contributed by atoms with van der Waals surface area (Å²) in [6.07, 6.45) is 1.17. The molecule has 2 aromatic carbocycles. The molecule has 1 aliphatic heterocycles. The Kier molecular flexibility index (Phi) is 4.85. The Morgan fingerprint density at radius 3 is 2.83 bits per heavy atom. The van der Waals surface area contributed by atoms with Gasteiger partial charge < -0.3 is 14.7 Å². The molecule has 0 spiro atoms. The van der Waals surface area contributed by atoms with Crippen molar-refractivity contribution in [3.05, 3.63) is 64.2 Å². The summed E-state index contributed by atoms with van der Waals surface area (Å²) in [5.41, 5.74) is 1.90. The Bertz CT molecular complexity index is 748. The number of benzene rings is 2. The van der Waals surface area contributed by atoms with E-state index in [0.29, 0.717) is 5.02 Å². The van der Waals surface area contributed by atoms with E-state index in [1.807, 2.05) is 36.4 Å². The summed E-state index contributed by atoms with van der Waals surface area (Å²) in [5, 5.41) is 12.1. The fraction of sp³-hybridized carbons (Fsp3) is 0.222. The molecule has 120 valence electrons. The van der Waals surface area contributed by atoms with Gasteiger partial charge in [0, 0.05) is 22.5 Å².